The lowest BCUT2D eigenvalue weighted by molar-refractivity contribution is -0.138. The van der Waals surface area contributed by atoms with E-state index in [4.69, 9.17) is 10.8 Å². The molecule has 1 rings (SSSR count). The fraction of sp³-hybridized carbons (Fsp3) is 0.300. The van der Waals surface area contributed by atoms with E-state index in [1.54, 1.807) is 6.07 Å². The van der Waals surface area contributed by atoms with Gasteiger partial charge in [-0.05, 0) is 37.1 Å². The summed E-state index contributed by atoms with van der Waals surface area (Å²) in [4.78, 5) is 10.6. The predicted molar refractivity (Wildman–Crippen MR) is 52.1 cm³/mol. The van der Waals surface area contributed by atoms with Gasteiger partial charge in [-0.15, -0.1) is 0 Å². The molecule has 4 nitrogen and oxygen atoms in total. The number of carbonyl (C=O) groups is 1. The molecule has 0 saturated carbocycles. The van der Waals surface area contributed by atoms with Crippen LogP contribution in [-0.2, 0) is 4.79 Å². The summed E-state index contributed by atoms with van der Waals surface area (Å²) in [6, 6.07) is 1.95. The van der Waals surface area contributed by atoms with Crippen molar-refractivity contribution >= 4 is 5.97 Å². The van der Waals surface area contributed by atoms with E-state index in [-0.39, 0.29) is 11.3 Å². The lowest BCUT2D eigenvalue weighted by Gasteiger charge is -2.11. The number of rotatable bonds is 2. The summed E-state index contributed by atoms with van der Waals surface area (Å²) in [5.74, 6) is -1.22. The Balaban J connectivity index is 3.22. The van der Waals surface area contributed by atoms with Gasteiger partial charge >= 0.3 is 5.97 Å². The second-order valence-corrected chi connectivity index (χ2v) is 3.31. The number of benzene rings is 1. The van der Waals surface area contributed by atoms with E-state index in [1.165, 1.54) is 6.07 Å². The zero-order valence-electron chi connectivity index (χ0n) is 8.11. The summed E-state index contributed by atoms with van der Waals surface area (Å²) in [7, 11) is 0. The van der Waals surface area contributed by atoms with Gasteiger partial charge in [0.25, 0.3) is 0 Å². The molecule has 0 aromatic heterocycles. The van der Waals surface area contributed by atoms with Gasteiger partial charge in [0.15, 0.2) is 0 Å². The summed E-state index contributed by atoms with van der Waals surface area (Å²) in [5, 5.41) is 18.2. The van der Waals surface area contributed by atoms with Crippen molar-refractivity contribution < 1.29 is 15.0 Å². The summed E-state index contributed by atoms with van der Waals surface area (Å²) < 4.78 is 0. The van der Waals surface area contributed by atoms with E-state index in [0.717, 1.165) is 11.1 Å². The number of aliphatic carboxylic acids is 1. The maximum absolute atomic E-state index is 10.6. The first-order chi connectivity index (χ1) is 6.43. The molecule has 0 saturated heterocycles. The summed E-state index contributed by atoms with van der Waals surface area (Å²) in [5.41, 5.74) is 7.47. The number of aromatic hydroxyl groups is 1. The van der Waals surface area contributed by atoms with Crippen LogP contribution in [0.4, 0.5) is 0 Å². The smallest absolute Gasteiger partial charge is 0.325 e. The number of phenolic OH excluding ortho intramolecular Hbond substituents is 1. The molecule has 0 bridgehead atoms. The third-order valence-corrected chi connectivity index (χ3v) is 2.24. The van der Waals surface area contributed by atoms with Crippen molar-refractivity contribution in [1.82, 2.24) is 0 Å². The molecule has 0 amide bonds. The highest BCUT2D eigenvalue weighted by molar-refractivity contribution is 5.76. The first-order valence-corrected chi connectivity index (χ1v) is 4.22. The van der Waals surface area contributed by atoms with Gasteiger partial charge in [-0.1, -0.05) is 0 Å². The zero-order chi connectivity index (χ0) is 10.9. The van der Waals surface area contributed by atoms with Crippen molar-refractivity contribution in [3.63, 3.8) is 0 Å². The normalized spacial score (nSPS) is 12.5. The Labute approximate surface area is 82.0 Å². The van der Waals surface area contributed by atoms with E-state index in [9.17, 15) is 9.90 Å². The number of phenols is 1. The van der Waals surface area contributed by atoms with Gasteiger partial charge in [-0.25, -0.2) is 0 Å². The first kappa shape index (κ1) is 10.5. The maximum Gasteiger partial charge on any atom is 0.325 e. The Bertz CT molecular complexity index is 374. The van der Waals surface area contributed by atoms with Crippen LogP contribution in [-0.4, -0.2) is 16.2 Å². The number of aryl methyl sites for hydroxylation is 2. The van der Waals surface area contributed by atoms with Crippen LogP contribution in [0.3, 0.4) is 0 Å². The topological polar surface area (TPSA) is 83.5 Å². The Morgan fingerprint density at radius 2 is 1.86 bits per heavy atom. The molecule has 0 aliphatic heterocycles. The molecule has 0 spiro atoms. The molecule has 4 N–H and O–H groups in total. The third kappa shape index (κ3) is 1.85. The first-order valence-electron chi connectivity index (χ1n) is 4.22. The summed E-state index contributed by atoms with van der Waals surface area (Å²) >= 11 is 0. The maximum atomic E-state index is 10.6. The largest absolute Gasteiger partial charge is 0.508 e. The minimum atomic E-state index is -1.17. The second-order valence-electron chi connectivity index (χ2n) is 3.31. The Kier molecular flexibility index (Phi) is 2.76. The van der Waals surface area contributed by atoms with Crippen molar-refractivity contribution in [3.8, 4) is 5.75 Å². The molecule has 14 heavy (non-hydrogen) atoms. The van der Waals surface area contributed by atoms with Crippen LogP contribution in [0.2, 0.25) is 0 Å². The second kappa shape index (κ2) is 3.67. The summed E-state index contributed by atoms with van der Waals surface area (Å²) in [6.07, 6.45) is 0. The molecular formula is C10H13NO3. The molecule has 0 fully saturated rings. The molecule has 1 unspecified atom stereocenters. The highest BCUT2D eigenvalue weighted by Gasteiger charge is 2.18. The minimum Gasteiger partial charge on any atom is -0.508 e. The van der Waals surface area contributed by atoms with Gasteiger partial charge in [0.1, 0.15) is 11.8 Å². The lowest BCUT2D eigenvalue weighted by Crippen LogP contribution is -2.20. The van der Waals surface area contributed by atoms with Crippen molar-refractivity contribution in [2.45, 2.75) is 19.9 Å². The molecule has 0 heterocycles. The minimum absolute atomic E-state index is 0.0667. The van der Waals surface area contributed by atoms with Crippen molar-refractivity contribution in [3.05, 3.63) is 28.8 Å². The van der Waals surface area contributed by atoms with Crippen LogP contribution < -0.4 is 5.73 Å². The Morgan fingerprint density at radius 1 is 1.36 bits per heavy atom. The van der Waals surface area contributed by atoms with Gasteiger partial charge in [-0.3, -0.25) is 4.79 Å². The van der Waals surface area contributed by atoms with Crippen molar-refractivity contribution in [2.75, 3.05) is 0 Å². The number of hydrogen-bond acceptors (Lipinski definition) is 3. The lowest BCUT2D eigenvalue weighted by atomic mass is 10.0. The van der Waals surface area contributed by atoms with Crippen LogP contribution >= 0.6 is 0 Å². The van der Waals surface area contributed by atoms with E-state index in [0.29, 0.717) is 0 Å². The Morgan fingerprint density at radius 3 is 2.36 bits per heavy atom. The van der Waals surface area contributed by atoms with Crippen molar-refractivity contribution in [2.24, 2.45) is 5.73 Å². The standard InChI is InChI=1S/C10H13NO3/c1-5-3-7(9(11)10(13)14)8(12)4-6(5)2/h3-4,9,12H,11H2,1-2H3,(H,13,14). The van der Waals surface area contributed by atoms with Crippen LogP contribution in [0.5, 0.6) is 5.75 Å². The van der Waals surface area contributed by atoms with E-state index in [1.807, 2.05) is 13.8 Å². The van der Waals surface area contributed by atoms with Crippen LogP contribution in [0.1, 0.15) is 22.7 Å². The van der Waals surface area contributed by atoms with Crippen LogP contribution in [0, 0.1) is 13.8 Å². The molecule has 4 heteroatoms. The van der Waals surface area contributed by atoms with Crippen LogP contribution in [0.15, 0.2) is 12.1 Å². The monoisotopic (exact) mass is 195 g/mol. The Hall–Kier alpha value is -1.55. The fourth-order valence-corrected chi connectivity index (χ4v) is 1.21. The van der Waals surface area contributed by atoms with Gasteiger partial charge in [0, 0.05) is 5.56 Å². The van der Waals surface area contributed by atoms with E-state index < -0.39 is 12.0 Å². The third-order valence-electron chi connectivity index (χ3n) is 2.24. The SMILES string of the molecule is Cc1cc(O)c(C(N)C(=O)O)cc1C. The average Bonchev–Trinajstić information content (AvgIpc) is 2.10. The van der Waals surface area contributed by atoms with E-state index in [2.05, 4.69) is 0 Å². The molecule has 76 valence electrons. The van der Waals surface area contributed by atoms with Gasteiger partial charge in [0.05, 0.1) is 0 Å². The van der Waals surface area contributed by atoms with Gasteiger partial charge < -0.3 is 15.9 Å². The highest BCUT2D eigenvalue weighted by Crippen LogP contribution is 2.26. The fourth-order valence-electron chi connectivity index (χ4n) is 1.21. The molecule has 0 aliphatic rings. The average molecular weight is 195 g/mol. The molecule has 1 atom stereocenters. The van der Waals surface area contributed by atoms with Crippen molar-refractivity contribution in [1.29, 1.82) is 0 Å². The van der Waals surface area contributed by atoms with Gasteiger partial charge in [0.2, 0.25) is 0 Å². The quantitative estimate of drug-likeness (QED) is 0.659. The number of carboxylic acids is 1. The van der Waals surface area contributed by atoms with Crippen LogP contribution in [0.25, 0.3) is 0 Å². The van der Waals surface area contributed by atoms with E-state index >= 15 is 0 Å². The molecule has 0 aliphatic carbocycles. The molecular weight excluding hydrogens is 182 g/mol. The molecule has 1 aromatic carbocycles. The summed E-state index contributed by atoms with van der Waals surface area (Å²) in [6.45, 7) is 3.68. The molecule has 0 radical (unpaired) electrons. The molecule has 1 aromatic rings. The van der Waals surface area contributed by atoms with Gasteiger partial charge in [-0.2, -0.15) is 0 Å². The zero-order valence-corrected chi connectivity index (χ0v) is 8.11. The predicted octanol–water partition coefficient (Wildman–Crippen LogP) is 1.09. The number of hydrogen-bond donors (Lipinski definition) is 3. The number of carboxylic acid groups (broad SMARTS) is 1. The highest BCUT2D eigenvalue weighted by atomic mass is 16.4. The number of nitrogens with two attached hydrogens (primary N) is 1.